The lowest BCUT2D eigenvalue weighted by Gasteiger charge is -2.34. The minimum absolute atomic E-state index is 0.251. The standard InChI is InChI=1S/C16H22ClN5O/c17-13-6-4-12(5-7-13)14(22-8-2-1-3-9-22)11-19-16-21-20-15(10-18)23-16/h4-7,14H,1-3,8-11,18H2,(H,19,21). The van der Waals surface area contributed by atoms with Gasteiger partial charge in [-0.05, 0) is 43.6 Å². The molecule has 0 radical (unpaired) electrons. The second-order valence-corrected chi connectivity index (χ2v) is 6.19. The first-order valence-electron chi connectivity index (χ1n) is 8.02. The van der Waals surface area contributed by atoms with Gasteiger partial charge in [-0.15, -0.1) is 5.10 Å². The van der Waals surface area contributed by atoms with Crippen LogP contribution >= 0.6 is 11.6 Å². The lowest BCUT2D eigenvalue weighted by molar-refractivity contribution is 0.170. The molecule has 2 aromatic rings. The Morgan fingerprint density at radius 1 is 1.17 bits per heavy atom. The van der Waals surface area contributed by atoms with E-state index in [-0.39, 0.29) is 12.6 Å². The SMILES string of the molecule is NCc1nnc(NCC(c2ccc(Cl)cc2)N2CCCCC2)o1. The Balaban J connectivity index is 1.72. The van der Waals surface area contributed by atoms with Gasteiger partial charge in [-0.1, -0.05) is 35.3 Å². The molecule has 1 aromatic heterocycles. The van der Waals surface area contributed by atoms with Crippen LogP contribution in [0.15, 0.2) is 28.7 Å². The summed E-state index contributed by atoms with van der Waals surface area (Å²) >= 11 is 6.02. The Kier molecular flexibility index (Phi) is 5.48. The predicted molar refractivity (Wildman–Crippen MR) is 90.3 cm³/mol. The van der Waals surface area contributed by atoms with E-state index in [1.54, 1.807) is 0 Å². The third kappa shape index (κ3) is 4.22. The number of nitrogens with zero attached hydrogens (tertiary/aromatic N) is 3. The van der Waals surface area contributed by atoms with Crippen LogP contribution in [-0.2, 0) is 6.54 Å². The summed E-state index contributed by atoms with van der Waals surface area (Å²) in [7, 11) is 0. The number of halogens is 1. The number of nitrogens with one attached hydrogen (secondary N) is 1. The first-order chi connectivity index (χ1) is 11.3. The van der Waals surface area contributed by atoms with E-state index in [0.29, 0.717) is 18.5 Å². The van der Waals surface area contributed by atoms with Crippen LogP contribution in [-0.4, -0.2) is 34.7 Å². The minimum atomic E-state index is 0.251. The van der Waals surface area contributed by atoms with Crippen LogP contribution in [0.4, 0.5) is 6.01 Å². The van der Waals surface area contributed by atoms with Crippen molar-refractivity contribution in [3.63, 3.8) is 0 Å². The Morgan fingerprint density at radius 3 is 2.57 bits per heavy atom. The topological polar surface area (TPSA) is 80.2 Å². The highest BCUT2D eigenvalue weighted by Crippen LogP contribution is 2.26. The molecule has 1 atom stereocenters. The number of likely N-dealkylation sites (tertiary alicyclic amines) is 1. The van der Waals surface area contributed by atoms with Crippen molar-refractivity contribution < 1.29 is 4.42 Å². The fourth-order valence-electron chi connectivity index (χ4n) is 2.96. The third-order valence-electron chi connectivity index (χ3n) is 4.17. The molecule has 2 heterocycles. The maximum atomic E-state index is 6.02. The largest absolute Gasteiger partial charge is 0.407 e. The van der Waals surface area contributed by atoms with Gasteiger partial charge >= 0.3 is 6.01 Å². The van der Waals surface area contributed by atoms with Crippen molar-refractivity contribution in [1.29, 1.82) is 0 Å². The van der Waals surface area contributed by atoms with Gasteiger partial charge in [-0.3, -0.25) is 4.90 Å². The number of piperidine rings is 1. The van der Waals surface area contributed by atoms with E-state index < -0.39 is 0 Å². The Labute approximate surface area is 141 Å². The molecule has 1 aromatic carbocycles. The van der Waals surface area contributed by atoms with Crippen LogP contribution in [0.5, 0.6) is 0 Å². The van der Waals surface area contributed by atoms with Crippen LogP contribution in [0.2, 0.25) is 5.02 Å². The predicted octanol–water partition coefficient (Wildman–Crippen LogP) is 2.82. The quantitative estimate of drug-likeness (QED) is 0.845. The molecule has 1 saturated heterocycles. The summed E-state index contributed by atoms with van der Waals surface area (Å²) < 4.78 is 5.43. The number of benzene rings is 1. The van der Waals surface area contributed by atoms with Crippen LogP contribution in [0.1, 0.15) is 36.8 Å². The molecule has 7 heteroatoms. The molecule has 1 fully saturated rings. The summed E-state index contributed by atoms with van der Waals surface area (Å²) in [6.45, 7) is 3.16. The lowest BCUT2D eigenvalue weighted by Crippen LogP contribution is -2.37. The average Bonchev–Trinajstić information content (AvgIpc) is 3.06. The summed E-state index contributed by atoms with van der Waals surface area (Å²) in [6, 6.07) is 8.72. The van der Waals surface area contributed by atoms with E-state index in [1.807, 2.05) is 12.1 Å². The number of hydrogen-bond acceptors (Lipinski definition) is 6. The fourth-order valence-corrected chi connectivity index (χ4v) is 3.09. The third-order valence-corrected chi connectivity index (χ3v) is 4.43. The summed E-state index contributed by atoms with van der Waals surface area (Å²) in [5.74, 6) is 0.438. The summed E-state index contributed by atoms with van der Waals surface area (Å²) in [5.41, 5.74) is 6.73. The van der Waals surface area contributed by atoms with E-state index in [4.69, 9.17) is 21.8 Å². The van der Waals surface area contributed by atoms with E-state index in [9.17, 15) is 0 Å². The molecule has 1 aliphatic heterocycles. The summed E-state index contributed by atoms with van der Waals surface area (Å²) in [6.07, 6.45) is 3.78. The Hall–Kier alpha value is -1.63. The second-order valence-electron chi connectivity index (χ2n) is 5.75. The number of hydrogen-bond donors (Lipinski definition) is 2. The number of aromatic nitrogens is 2. The van der Waals surface area contributed by atoms with Gasteiger partial charge in [0.15, 0.2) is 0 Å². The van der Waals surface area contributed by atoms with E-state index in [1.165, 1.54) is 24.8 Å². The van der Waals surface area contributed by atoms with Gasteiger partial charge in [0.05, 0.1) is 12.6 Å². The molecule has 3 rings (SSSR count). The number of nitrogens with two attached hydrogens (primary N) is 1. The maximum Gasteiger partial charge on any atom is 0.315 e. The maximum absolute atomic E-state index is 6.02. The Morgan fingerprint density at radius 2 is 1.91 bits per heavy atom. The monoisotopic (exact) mass is 335 g/mol. The zero-order valence-corrected chi connectivity index (χ0v) is 13.8. The number of anilines is 1. The van der Waals surface area contributed by atoms with Gasteiger partial charge in [-0.2, -0.15) is 0 Å². The smallest absolute Gasteiger partial charge is 0.315 e. The molecule has 6 nitrogen and oxygen atoms in total. The van der Waals surface area contributed by atoms with E-state index in [0.717, 1.165) is 18.1 Å². The highest BCUT2D eigenvalue weighted by molar-refractivity contribution is 6.30. The zero-order valence-electron chi connectivity index (χ0n) is 13.0. The highest BCUT2D eigenvalue weighted by atomic mass is 35.5. The molecule has 0 spiro atoms. The highest BCUT2D eigenvalue weighted by Gasteiger charge is 2.22. The molecule has 0 saturated carbocycles. The normalized spacial score (nSPS) is 17.1. The zero-order chi connectivity index (χ0) is 16.1. The van der Waals surface area contributed by atoms with Gasteiger partial charge in [0.2, 0.25) is 5.89 Å². The van der Waals surface area contributed by atoms with E-state index >= 15 is 0 Å². The molecule has 0 amide bonds. The lowest BCUT2D eigenvalue weighted by atomic mass is 10.0. The van der Waals surface area contributed by atoms with Gasteiger partial charge in [0.1, 0.15) is 0 Å². The molecule has 124 valence electrons. The van der Waals surface area contributed by atoms with Crippen molar-refractivity contribution in [2.24, 2.45) is 5.73 Å². The van der Waals surface area contributed by atoms with Gasteiger partial charge < -0.3 is 15.5 Å². The van der Waals surface area contributed by atoms with Crippen molar-refractivity contribution in [3.05, 3.63) is 40.7 Å². The molecule has 0 aliphatic carbocycles. The first-order valence-corrected chi connectivity index (χ1v) is 8.40. The summed E-state index contributed by atoms with van der Waals surface area (Å²) in [5, 5.41) is 11.8. The molecule has 3 N–H and O–H groups in total. The van der Waals surface area contributed by atoms with E-state index in [2.05, 4.69) is 32.5 Å². The van der Waals surface area contributed by atoms with Crippen LogP contribution < -0.4 is 11.1 Å². The minimum Gasteiger partial charge on any atom is -0.407 e. The van der Waals surface area contributed by atoms with Crippen molar-refractivity contribution in [3.8, 4) is 0 Å². The average molecular weight is 336 g/mol. The fraction of sp³-hybridized carbons (Fsp3) is 0.500. The van der Waals surface area contributed by atoms with Crippen molar-refractivity contribution in [2.75, 3.05) is 25.0 Å². The van der Waals surface area contributed by atoms with Crippen molar-refractivity contribution >= 4 is 17.6 Å². The molecular weight excluding hydrogens is 314 g/mol. The molecule has 1 aliphatic rings. The number of rotatable bonds is 6. The van der Waals surface area contributed by atoms with Crippen LogP contribution in [0.3, 0.4) is 0 Å². The van der Waals surface area contributed by atoms with Crippen molar-refractivity contribution in [2.45, 2.75) is 31.8 Å². The van der Waals surface area contributed by atoms with Gasteiger partial charge in [0.25, 0.3) is 0 Å². The van der Waals surface area contributed by atoms with Gasteiger partial charge in [-0.25, -0.2) is 0 Å². The second kappa shape index (κ2) is 7.77. The first kappa shape index (κ1) is 16.2. The summed E-state index contributed by atoms with van der Waals surface area (Å²) in [4.78, 5) is 2.50. The molecular formula is C16H22ClN5O. The van der Waals surface area contributed by atoms with Gasteiger partial charge in [0, 0.05) is 11.6 Å². The van der Waals surface area contributed by atoms with Crippen LogP contribution in [0.25, 0.3) is 0 Å². The van der Waals surface area contributed by atoms with Crippen molar-refractivity contribution in [1.82, 2.24) is 15.1 Å². The molecule has 23 heavy (non-hydrogen) atoms. The van der Waals surface area contributed by atoms with Crippen LogP contribution in [0, 0.1) is 0 Å². The molecule has 1 unspecified atom stereocenters. The molecule has 0 bridgehead atoms. The Bertz CT molecular complexity index is 609.